The molecule has 4 heteroatoms. The van der Waals surface area contributed by atoms with E-state index in [1.165, 1.54) is 70.6 Å². The second-order valence-corrected chi connectivity index (χ2v) is 9.48. The molecule has 2 heterocycles. The molecule has 0 amide bonds. The molecule has 4 nitrogen and oxygen atoms in total. The summed E-state index contributed by atoms with van der Waals surface area (Å²) in [5.74, 6) is 0.943. The highest BCUT2D eigenvalue weighted by atomic mass is 16.7. The van der Waals surface area contributed by atoms with Gasteiger partial charge in [-0.15, -0.1) is 0 Å². The fourth-order valence-electron chi connectivity index (χ4n) is 4.67. The summed E-state index contributed by atoms with van der Waals surface area (Å²) in [6.45, 7) is 5.71. The van der Waals surface area contributed by atoms with E-state index in [1.807, 2.05) is 0 Å². The van der Waals surface area contributed by atoms with Gasteiger partial charge in [0.05, 0.1) is 18.1 Å². The van der Waals surface area contributed by atoms with Crippen molar-refractivity contribution in [3.05, 3.63) is 11.3 Å². The number of carbonyl (C=O) groups is 1. The van der Waals surface area contributed by atoms with E-state index in [4.69, 9.17) is 14.2 Å². The molecule has 0 aromatic carbocycles. The van der Waals surface area contributed by atoms with E-state index in [9.17, 15) is 4.79 Å². The SMILES string of the molecule is CCCCCCCCCCCC1COC(=O)C(CCCCCC)=C1OC1CCCCO1. The Morgan fingerprint density at radius 2 is 1.48 bits per heavy atom. The number of hydrogen-bond donors (Lipinski definition) is 0. The van der Waals surface area contributed by atoms with E-state index in [2.05, 4.69) is 13.8 Å². The standard InChI is InChI=1S/C27H48O4/c1-3-5-7-9-10-11-12-13-14-18-23-22-30-27(28)24(19-15-8-6-4-2)26(23)31-25-20-16-17-21-29-25/h23,25H,3-22H2,1-2H3. The molecule has 2 unspecified atom stereocenters. The molecule has 0 bridgehead atoms. The largest absolute Gasteiger partial charge is 0.468 e. The molecule has 1 saturated heterocycles. The number of esters is 1. The third kappa shape index (κ3) is 10.4. The summed E-state index contributed by atoms with van der Waals surface area (Å²) in [5.41, 5.74) is 0.789. The molecule has 2 rings (SSSR count). The number of unbranched alkanes of at least 4 members (excludes halogenated alkanes) is 11. The zero-order valence-electron chi connectivity index (χ0n) is 20.4. The maximum atomic E-state index is 12.6. The Labute approximate surface area is 191 Å². The predicted molar refractivity (Wildman–Crippen MR) is 127 cm³/mol. The van der Waals surface area contributed by atoms with Crippen LogP contribution in [0.3, 0.4) is 0 Å². The van der Waals surface area contributed by atoms with Crippen molar-refractivity contribution in [2.75, 3.05) is 13.2 Å². The summed E-state index contributed by atoms with van der Waals surface area (Å²) in [6.07, 6.45) is 21.3. The van der Waals surface area contributed by atoms with Crippen LogP contribution in [0.4, 0.5) is 0 Å². The Balaban J connectivity index is 1.85. The maximum Gasteiger partial charge on any atom is 0.337 e. The normalized spacial score (nSPS) is 21.9. The van der Waals surface area contributed by atoms with Crippen LogP contribution in [0.5, 0.6) is 0 Å². The first-order valence-corrected chi connectivity index (χ1v) is 13.4. The van der Waals surface area contributed by atoms with Crippen LogP contribution >= 0.6 is 0 Å². The monoisotopic (exact) mass is 436 g/mol. The average molecular weight is 437 g/mol. The van der Waals surface area contributed by atoms with Crippen molar-refractivity contribution in [1.82, 2.24) is 0 Å². The molecule has 0 spiro atoms. The molecule has 180 valence electrons. The molecule has 0 radical (unpaired) electrons. The van der Waals surface area contributed by atoms with Gasteiger partial charge >= 0.3 is 5.97 Å². The van der Waals surface area contributed by atoms with Gasteiger partial charge in [-0.25, -0.2) is 4.79 Å². The van der Waals surface area contributed by atoms with Crippen LogP contribution in [0.15, 0.2) is 11.3 Å². The molecular weight excluding hydrogens is 388 g/mol. The van der Waals surface area contributed by atoms with E-state index >= 15 is 0 Å². The van der Waals surface area contributed by atoms with Gasteiger partial charge in [-0.05, 0) is 32.1 Å². The molecule has 1 fully saturated rings. The molecule has 0 aromatic rings. The van der Waals surface area contributed by atoms with Gasteiger partial charge < -0.3 is 14.2 Å². The highest BCUT2D eigenvalue weighted by Crippen LogP contribution is 2.33. The Morgan fingerprint density at radius 1 is 0.839 bits per heavy atom. The van der Waals surface area contributed by atoms with E-state index < -0.39 is 0 Å². The highest BCUT2D eigenvalue weighted by molar-refractivity contribution is 5.89. The van der Waals surface area contributed by atoms with E-state index in [0.717, 1.165) is 62.9 Å². The predicted octanol–water partition coefficient (Wildman–Crippen LogP) is 7.85. The van der Waals surface area contributed by atoms with Crippen LogP contribution in [-0.2, 0) is 19.0 Å². The number of carbonyl (C=O) groups excluding carboxylic acids is 1. The molecule has 2 aliphatic rings. The quantitative estimate of drug-likeness (QED) is 0.172. The lowest BCUT2D eigenvalue weighted by atomic mass is 9.92. The number of ether oxygens (including phenoxy) is 3. The minimum Gasteiger partial charge on any atom is -0.468 e. The topological polar surface area (TPSA) is 44.8 Å². The molecule has 2 atom stereocenters. The molecule has 0 aliphatic carbocycles. The van der Waals surface area contributed by atoms with Crippen LogP contribution in [0.1, 0.15) is 129 Å². The van der Waals surface area contributed by atoms with Crippen molar-refractivity contribution in [2.45, 2.75) is 136 Å². The van der Waals surface area contributed by atoms with Gasteiger partial charge in [0.2, 0.25) is 0 Å². The third-order valence-electron chi connectivity index (χ3n) is 6.66. The Kier molecular flexibility index (Phi) is 14.0. The van der Waals surface area contributed by atoms with Crippen molar-refractivity contribution < 1.29 is 19.0 Å². The summed E-state index contributed by atoms with van der Waals surface area (Å²) in [5, 5.41) is 0. The van der Waals surface area contributed by atoms with Crippen LogP contribution in [0, 0.1) is 5.92 Å². The lowest BCUT2D eigenvalue weighted by Gasteiger charge is -2.32. The maximum absolute atomic E-state index is 12.6. The van der Waals surface area contributed by atoms with Gasteiger partial charge in [-0.2, -0.15) is 0 Å². The van der Waals surface area contributed by atoms with Crippen LogP contribution in [0.25, 0.3) is 0 Å². The summed E-state index contributed by atoms with van der Waals surface area (Å²) in [7, 11) is 0. The van der Waals surface area contributed by atoms with Crippen molar-refractivity contribution in [2.24, 2.45) is 5.92 Å². The number of hydrogen-bond acceptors (Lipinski definition) is 4. The zero-order chi connectivity index (χ0) is 22.2. The minimum atomic E-state index is -0.189. The van der Waals surface area contributed by atoms with Crippen LogP contribution in [-0.4, -0.2) is 25.5 Å². The number of rotatable bonds is 17. The zero-order valence-corrected chi connectivity index (χ0v) is 20.4. The van der Waals surface area contributed by atoms with Gasteiger partial charge in [0.25, 0.3) is 0 Å². The molecule has 0 N–H and O–H groups in total. The first kappa shape index (κ1) is 26.2. The molecule has 31 heavy (non-hydrogen) atoms. The van der Waals surface area contributed by atoms with E-state index in [1.54, 1.807) is 0 Å². The molecule has 0 aromatic heterocycles. The van der Waals surface area contributed by atoms with Crippen LogP contribution < -0.4 is 0 Å². The lowest BCUT2D eigenvalue weighted by Crippen LogP contribution is -2.31. The lowest BCUT2D eigenvalue weighted by molar-refractivity contribution is -0.158. The Bertz CT molecular complexity index is 507. The van der Waals surface area contributed by atoms with Crippen molar-refractivity contribution >= 4 is 5.97 Å². The minimum absolute atomic E-state index is 0.161. The second kappa shape index (κ2) is 16.6. The van der Waals surface area contributed by atoms with Crippen molar-refractivity contribution in [3.8, 4) is 0 Å². The third-order valence-corrected chi connectivity index (χ3v) is 6.66. The van der Waals surface area contributed by atoms with Gasteiger partial charge in [-0.1, -0.05) is 90.9 Å². The summed E-state index contributed by atoms with van der Waals surface area (Å²) in [6, 6.07) is 0. The van der Waals surface area contributed by atoms with E-state index in [-0.39, 0.29) is 18.2 Å². The fraction of sp³-hybridized carbons (Fsp3) is 0.889. The van der Waals surface area contributed by atoms with Gasteiger partial charge in [0, 0.05) is 6.42 Å². The van der Waals surface area contributed by atoms with E-state index in [0.29, 0.717) is 6.61 Å². The Hall–Kier alpha value is -1.03. The molecule has 0 saturated carbocycles. The number of cyclic esters (lactones) is 1. The first-order valence-electron chi connectivity index (χ1n) is 13.4. The smallest absolute Gasteiger partial charge is 0.337 e. The second-order valence-electron chi connectivity index (χ2n) is 9.48. The summed E-state index contributed by atoms with van der Waals surface area (Å²) in [4.78, 5) is 12.6. The molecular formula is C27H48O4. The van der Waals surface area contributed by atoms with Gasteiger partial charge in [0.1, 0.15) is 12.4 Å². The van der Waals surface area contributed by atoms with Crippen molar-refractivity contribution in [1.29, 1.82) is 0 Å². The average Bonchev–Trinajstić information content (AvgIpc) is 2.79. The highest BCUT2D eigenvalue weighted by Gasteiger charge is 2.33. The Morgan fingerprint density at radius 3 is 2.13 bits per heavy atom. The first-order chi connectivity index (χ1) is 15.3. The fourth-order valence-corrected chi connectivity index (χ4v) is 4.67. The summed E-state index contributed by atoms with van der Waals surface area (Å²) < 4.78 is 17.8. The van der Waals surface area contributed by atoms with Gasteiger partial charge in [0.15, 0.2) is 6.29 Å². The van der Waals surface area contributed by atoms with Crippen molar-refractivity contribution in [3.63, 3.8) is 0 Å². The van der Waals surface area contributed by atoms with Crippen LogP contribution in [0.2, 0.25) is 0 Å². The molecule has 2 aliphatic heterocycles. The summed E-state index contributed by atoms with van der Waals surface area (Å²) >= 11 is 0. The van der Waals surface area contributed by atoms with Gasteiger partial charge in [-0.3, -0.25) is 0 Å².